The van der Waals surface area contributed by atoms with Crippen LogP contribution in [0.25, 0.3) is 49.7 Å². The van der Waals surface area contributed by atoms with E-state index in [0.717, 1.165) is 11.4 Å². The van der Waals surface area contributed by atoms with E-state index in [1.165, 1.54) is 88.7 Å². The van der Waals surface area contributed by atoms with Crippen LogP contribution in [-0.4, -0.2) is 6.04 Å². The summed E-state index contributed by atoms with van der Waals surface area (Å²) in [5, 5.41) is 2.51. The van der Waals surface area contributed by atoms with Crippen molar-refractivity contribution in [1.29, 1.82) is 0 Å². The van der Waals surface area contributed by atoms with Crippen molar-refractivity contribution in [3.05, 3.63) is 270 Å². The first-order chi connectivity index (χ1) is 30.9. The first-order valence-electron chi connectivity index (χ1n) is 22.2. The van der Waals surface area contributed by atoms with E-state index in [4.69, 9.17) is 0 Å². The fourth-order valence-electron chi connectivity index (χ4n) is 11.2. The van der Waals surface area contributed by atoms with Gasteiger partial charge in [-0.3, -0.25) is 0 Å². The molecule has 1 heteroatoms. The van der Waals surface area contributed by atoms with E-state index in [1.54, 1.807) is 0 Å². The van der Waals surface area contributed by atoms with E-state index in [0.29, 0.717) is 0 Å². The van der Waals surface area contributed by atoms with Crippen molar-refractivity contribution in [3.8, 4) is 33.4 Å². The summed E-state index contributed by atoms with van der Waals surface area (Å²) >= 11 is 0. The van der Waals surface area contributed by atoms with Crippen LogP contribution in [0.5, 0.6) is 0 Å². The van der Waals surface area contributed by atoms with Gasteiger partial charge in [0.1, 0.15) is 0 Å². The summed E-state index contributed by atoms with van der Waals surface area (Å²) in [5.41, 5.74) is 19.8. The Morgan fingerprint density at radius 3 is 1.59 bits per heavy atom. The Hall–Kier alpha value is -7.48. The minimum Gasteiger partial charge on any atom is -0.334 e. The standard InChI is InChI=1S/C62H49N/c1-5-19-49(43-20-7-6-8-21-43)42(2)63(47-38-34-45(35-39-47)51-26-17-23-44-22-9-10-24-50(44)51)48-40-36-46(37-41-48)52-27-18-33-59-60(52)53-25-11-12-28-54(53)62(59)57-31-15-13-29-55(57)61(3,4)56-30-14-16-32-58(56)62/h5-42H,1H2,2-4H3/b49-19+. The van der Waals surface area contributed by atoms with Crippen LogP contribution in [0.3, 0.4) is 0 Å². The van der Waals surface area contributed by atoms with Crippen LogP contribution in [0.1, 0.15) is 59.7 Å². The lowest BCUT2D eigenvalue weighted by molar-refractivity contribution is 0.563. The Balaban J connectivity index is 1.05. The Morgan fingerprint density at radius 2 is 0.937 bits per heavy atom. The smallest absolute Gasteiger partial charge is 0.0719 e. The van der Waals surface area contributed by atoms with Gasteiger partial charge in [0.05, 0.1) is 11.5 Å². The summed E-state index contributed by atoms with van der Waals surface area (Å²) < 4.78 is 0. The van der Waals surface area contributed by atoms with Crippen molar-refractivity contribution in [2.24, 2.45) is 0 Å². The molecule has 9 aromatic carbocycles. The van der Waals surface area contributed by atoms with Gasteiger partial charge in [0.25, 0.3) is 0 Å². The molecule has 2 aliphatic rings. The van der Waals surface area contributed by atoms with Crippen molar-refractivity contribution in [1.82, 2.24) is 0 Å². The molecule has 0 saturated heterocycles. The molecular weight excluding hydrogens is 759 g/mol. The minimum atomic E-state index is -0.430. The Kier molecular flexibility index (Phi) is 9.25. The number of allylic oxidation sites excluding steroid dienone is 2. The molecule has 0 bridgehead atoms. The van der Waals surface area contributed by atoms with Crippen LogP contribution in [0.15, 0.2) is 231 Å². The summed E-state index contributed by atoms with van der Waals surface area (Å²) in [5.74, 6) is 0. The maximum atomic E-state index is 4.14. The van der Waals surface area contributed by atoms with Gasteiger partial charge in [0.15, 0.2) is 0 Å². The quantitative estimate of drug-likeness (QED) is 0.138. The molecule has 9 aromatic rings. The van der Waals surface area contributed by atoms with Crippen LogP contribution >= 0.6 is 0 Å². The van der Waals surface area contributed by atoms with E-state index < -0.39 is 5.41 Å². The van der Waals surface area contributed by atoms with Crippen molar-refractivity contribution in [2.75, 3.05) is 4.90 Å². The van der Waals surface area contributed by atoms with Gasteiger partial charge in [-0.05, 0) is 120 Å². The van der Waals surface area contributed by atoms with Gasteiger partial charge in [0.2, 0.25) is 0 Å². The lowest BCUT2D eigenvalue weighted by Gasteiger charge is -2.46. The third-order valence-electron chi connectivity index (χ3n) is 14.0. The molecule has 0 fully saturated rings. The van der Waals surface area contributed by atoms with Gasteiger partial charge < -0.3 is 4.90 Å². The van der Waals surface area contributed by atoms with Gasteiger partial charge in [-0.1, -0.05) is 221 Å². The Morgan fingerprint density at radius 1 is 0.460 bits per heavy atom. The zero-order valence-electron chi connectivity index (χ0n) is 36.1. The average Bonchev–Trinajstić information content (AvgIpc) is 3.64. The van der Waals surface area contributed by atoms with E-state index >= 15 is 0 Å². The highest BCUT2D eigenvalue weighted by Crippen LogP contribution is 2.63. The molecule has 0 saturated carbocycles. The van der Waals surface area contributed by atoms with E-state index in [-0.39, 0.29) is 11.5 Å². The van der Waals surface area contributed by atoms with Crippen molar-refractivity contribution < 1.29 is 0 Å². The number of nitrogens with zero attached hydrogens (tertiary/aromatic N) is 1. The molecule has 1 spiro atoms. The van der Waals surface area contributed by atoms with E-state index in [9.17, 15) is 0 Å². The SMILES string of the molecule is C=C/C=C(/c1ccccc1)C(C)N(c1ccc(-c2cccc3c2-c2ccccc2C32c3ccccc3C(C)(C)c3ccccc32)cc1)c1ccc(-c2cccc3ccccc23)cc1. The van der Waals surface area contributed by atoms with Gasteiger partial charge in [-0.25, -0.2) is 0 Å². The average molecular weight is 808 g/mol. The molecule has 1 nitrogen and oxygen atoms in total. The summed E-state index contributed by atoms with van der Waals surface area (Å²) in [7, 11) is 0. The highest BCUT2D eigenvalue weighted by Gasteiger charge is 2.53. The topological polar surface area (TPSA) is 3.24 Å². The number of anilines is 2. The predicted molar refractivity (Wildman–Crippen MR) is 267 cm³/mol. The summed E-state index contributed by atoms with van der Waals surface area (Å²) in [4.78, 5) is 2.47. The highest BCUT2D eigenvalue weighted by atomic mass is 15.2. The molecule has 1 unspecified atom stereocenters. The number of benzene rings is 9. The van der Waals surface area contributed by atoms with Gasteiger partial charge in [-0.2, -0.15) is 0 Å². The molecule has 63 heavy (non-hydrogen) atoms. The normalized spacial score (nSPS) is 14.6. The maximum Gasteiger partial charge on any atom is 0.0719 e. The fraction of sp³-hybridized carbons (Fsp3) is 0.0968. The van der Waals surface area contributed by atoms with Gasteiger partial charge >= 0.3 is 0 Å². The third kappa shape index (κ3) is 5.91. The molecular formula is C62H49N. The fourth-order valence-corrected chi connectivity index (χ4v) is 11.2. The second-order valence-electron chi connectivity index (χ2n) is 17.6. The number of hydrogen-bond donors (Lipinski definition) is 0. The Labute approximate surface area is 372 Å². The first-order valence-corrected chi connectivity index (χ1v) is 22.2. The molecule has 0 aliphatic heterocycles. The van der Waals surface area contributed by atoms with Crippen LogP contribution in [-0.2, 0) is 10.8 Å². The third-order valence-corrected chi connectivity index (χ3v) is 14.0. The second-order valence-corrected chi connectivity index (χ2v) is 17.6. The van der Waals surface area contributed by atoms with Crippen molar-refractivity contribution >= 4 is 27.7 Å². The predicted octanol–water partition coefficient (Wildman–Crippen LogP) is 16.0. The Bertz CT molecular complexity index is 3170. The molecule has 2 aliphatic carbocycles. The lowest BCUT2D eigenvalue weighted by Crippen LogP contribution is -2.40. The molecule has 0 heterocycles. The van der Waals surface area contributed by atoms with E-state index in [1.807, 2.05) is 6.08 Å². The van der Waals surface area contributed by atoms with E-state index in [2.05, 4.69) is 251 Å². The number of rotatable bonds is 8. The zero-order chi connectivity index (χ0) is 42.7. The summed E-state index contributed by atoms with van der Waals surface area (Å²) in [6, 6.07) is 78.8. The number of fused-ring (bicyclic) bond motifs is 10. The van der Waals surface area contributed by atoms with Crippen LogP contribution in [0.4, 0.5) is 11.4 Å². The minimum absolute atomic E-state index is 0.0111. The summed E-state index contributed by atoms with van der Waals surface area (Å²) in [6.07, 6.45) is 4.07. The molecule has 0 aromatic heterocycles. The zero-order valence-corrected chi connectivity index (χ0v) is 36.1. The lowest BCUT2D eigenvalue weighted by atomic mass is 9.55. The van der Waals surface area contributed by atoms with Gasteiger partial charge in [0, 0.05) is 16.8 Å². The number of hydrogen-bond acceptors (Lipinski definition) is 1. The van der Waals surface area contributed by atoms with Crippen molar-refractivity contribution in [3.63, 3.8) is 0 Å². The monoisotopic (exact) mass is 807 g/mol. The van der Waals surface area contributed by atoms with Crippen LogP contribution in [0, 0.1) is 0 Å². The van der Waals surface area contributed by atoms with Gasteiger partial charge in [-0.15, -0.1) is 0 Å². The van der Waals surface area contributed by atoms with Crippen LogP contribution in [0.2, 0.25) is 0 Å². The molecule has 302 valence electrons. The van der Waals surface area contributed by atoms with Crippen molar-refractivity contribution in [2.45, 2.75) is 37.6 Å². The molecule has 0 radical (unpaired) electrons. The molecule has 11 rings (SSSR count). The van der Waals surface area contributed by atoms with Crippen LogP contribution < -0.4 is 4.90 Å². The highest BCUT2D eigenvalue weighted by molar-refractivity contribution is 5.98. The largest absolute Gasteiger partial charge is 0.334 e. The molecule has 0 N–H and O–H groups in total. The molecule has 1 atom stereocenters. The summed E-state index contributed by atoms with van der Waals surface area (Å²) in [6.45, 7) is 11.2. The molecule has 0 amide bonds. The second kappa shape index (κ2) is 15.2. The first kappa shape index (κ1) is 38.4. The maximum absolute atomic E-state index is 4.14.